The number of nitrogens with one attached hydrogen (secondary N) is 1. The van der Waals surface area contributed by atoms with Gasteiger partial charge in [-0.1, -0.05) is 23.7 Å². The van der Waals surface area contributed by atoms with E-state index in [4.69, 9.17) is 21.1 Å². The second-order valence-electron chi connectivity index (χ2n) is 6.90. The third kappa shape index (κ3) is 5.21. The largest absolute Gasteiger partial charge is 0.496 e. The number of para-hydroxylation sites is 2. The number of hydrogen-bond donors (Lipinski definition) is 1. The summed E-state index contributed by atoms with van der Waals surface area (Å²) in [7, 11) is 0.704. The van der Waals surface area contributed by atoms with E-state index in [1.807, 2.05) is 0 Å². The van der Waals surface area contributed by atoms with Crippen LogP contribution in [0.5, 0.6) is 11.5 Å². The molecule has 0 saturated heterocycles. The van der Waals surface area contributed by atoms with Gasteiger partial charge < -0.3 is 14.8 Å². The standard InChI is InChI=1S/C23H23ClN2O5S/c1-26(32(28,29)19-11-9-18(24)10-12-19)15-17-14-16(8-13-21(17)30-2)23(27)25-20-6-4-5-7-22(20)31-3/h4-14H,15H2,1-3H3,(H,25,27). The molecule has 3 aromatic carbocycles. The maximum atomic E-state index is 12.9. The highest BCUT2D eigenvalue weighted by molar-refractivity contribution is 7.89. The third-order valence-corrected chi connectivity index (χ3v) is 6.88. The molecule has 32 heavy (non-hydrogen) atoms. The Kier molecular flexibility index (Phi) is 7.40. The first-order valence-electron chi connectivity index (χ1n) is 9.59. The van der Waals surface area contributed by atoms with E-state index >= 15 is 0 Å². The molecule has 7 nitrogen and oxygen atoms in total. The number of methoxy groups -OCH3 is 2. The molecule has 3 rings (SSSR count). The highest BCUT2D eigenvalue weighted by atomic mass is 35.5. The molecule has 0 radical (unpaired) electrons. The maximum absolute atomic E-state index is 12.9. The van der Waals surface area contributed by atoms with Crippen LogP contribution in [0.2, 0.25) is 5.02 Å². The Hall–Kier alpha value is -3.07. The van der Waals surface area contributed by atoms with Gasteiger partial charge in [0.2, 0.25) is 10.0 Å². The summed E-state index contributed by atoms with van der Waals surface area (Å²) in [6, 6.07) is 17.8. The lowest BCUT2D eigenvalue weighted by molar-refractivity contribution is 0.102. The number of sulfonamides is 1. The summed E-state index contributed by atoms with van der Waals surface area (Å²) in [5, 5.41) is 3.25. The number of benzene rings is 3. The molecular weight excluding hydrogens is 452 g/mol. The zero-order valence-electron chi connectivity index (χ0n) is 17.8. The molecule has 0 spiro atoms. The molecule has 0 heterocycles. The van der Waals surface area contributed by atoms with Gasteiger partial charge in [-0.15, -0.1) is 0 Å². The Morgan fingerprint density at radius 2 is 1.62 bits per heavy atom. The van der Waals surface area contributed by atoms with Crippen molar-refractivity contribution in [1.82, 2.24) is 4.31 Å². The van der Waals surface area contributed by atoms with Crippen molar-refractivity contribution in [3.63, 3.8) is 0 Å². The van der Waals surface area contributed by atoms with Gasteiger partial charge >= 0.3 is 0 Å². The Morgan fingerprint density at radius 1 is 0.969 bits per heavy atom. The van der Waals surface area contributed by atoms with Gasteiger partial charge in [0, 0.05) is 29.7 Å². The van der Waals surface area contributed by atoms with Crippen LogP contribution in [-0.4, -0.2) is 39.9 Å². The number of carbonyl (C=O) groups excluding carboxylic acids is 1. The summed E-state index contributed by atoms with van der Waals surface area (Å²) in [5.41, 5.74) is 1.42. The molecule has 9 heteroatoms. The van der Waals surface area contributed by atoms with Crippen molar-refractivity contribution < 1.29 is 22.7 Å². The van der Waals surface area contributed by atoms with E-state index in [-0.39, 0.29) is 17.3 Å². The number of amides is 1. The van der Waals surface area contributed by atoms with Crippen LogP contribution in [0.15, 0.2) is 71.6 Å². The van der Waals surface area contributed by atoms with Gasteiger partial charge in [0.15, 0.2) is 0 Å². The molecule has 0 aromatic heterocycles. The van der Waals surface area contributed by atoms with Crippen molar-refractivity contribution in [3.05, 3.63) is 82.9 Å². The normalized spacial score (nSPS) is 11.3. The zero-order chi connectivity index (χ0) is 23.3. The van der Waals surface area contributed by atoms with Gasteiger partial charge in [0.1, 0.15) is 11.5 Å². The lowest BCUT2D eigenvalue weighted by Gasteiger charge is -2.19. The highest BCUT2D eigenvalue weighted by Crippen LogP contribution is 2.27. The number of carbonyl (C=O) groups is 1. The molecule has 168 valence electrons. The van der Waals surface area contributed by atoms with Gasteiger partial charge in [-0.05, 0) is 54.6 Å². The summed E-state index contributed by atoms with van der Waals surface area (Å²) < 4.78 is 37.7. The fourth-order valence-electron chi connectivity index (χ4n) is 3.10. The monoisotopic (exact) mass is 474 g/mol. The van der Waals surface area contributed by atoms with E-state index in [1.165, 1.54) is 49.8 Å². The molecule has 0 fully saturated rings. The summed E-state index contributed by atoms with van der Waals surface area (Å²) in [4.78, 5) is 12.9. The second-order valence-corrected chi connectivity index (χ2v) is 9.38. The first-order chi connectivity index (χ1) is 15.3. The zero-order valence-corrected chi connectivity index (χ0v) is 19.4. The van der Waals surface area contributed by atoms with E-state index in [1.54, 1.807) is 42.5 Å². The van der Waals surface area contributed by atoms with E-state index in [2.05, 4.69) is 5.32 Å². The predicted molar refractivity (Wildman–Crippen MR) is 124 cm³/mol. The molecule has 1 N–H and O–H groups in total. The van der Waals surface area contributed by atoms with Gasteiger partial charge in [0.05, 0.1) is 24.8 Å². The molecular formula is C23H23ClN2O5S. The first-order valence-corrected chi connectivity index (χ1v) is 11.4. The Bertz CT molecular complexity index is 1210. The fraction of sp³-hybridized carbons (Fsp3) is 0.174. The molecule has 3 aromatic rings. The number of rotatable bonds is 8. The summed E-state index contributed by atoms with van der Waals surface area (Å²) >= 11 is 5.86. The van der Waals surface area contributed by atoms with Crippen molar-refractivity contribution in [2.45, 2.75) is 11.4 Å². The average Bonchev–Trinajstić information content (AvgIpc) is 2.79. The third-order valence-electron chi connectivity index (χ3n) is 4.81. The number of ether oxygens (including phenoxy) is 2. The van der Waals surface area contributed by atoms with Crippen LogP contribution in [-0.2, 0) is 16.6 Å². The molecule has 0 bridgehead atoms. The summed E-state index contributed by atoms with van der Waals surface area (Å²) in [6.07, 6.45) is 0. The molecule has 0 aliphatic heterocycles. The van der Waals surface area contributed by atoms with Crippen LogP contribution in [0, 0.1) is 0 Å². The topological polar surface area (TPSA) is 84.9 Å². The molecule has 0 aliphatic carbocycles. The SMILES string of the molecule is COc1ccc(C(=O)Nc2ccccc2OC)cc1CN(C)S(=O)(=O)c1ccc(Cl)cc1. The van der Waals surface area contributed by atoms with E-state index in [0.29, 0.717) is 33.3 Å². The smallest absolute Gasteiger partial charge is 0.255 e. The highest BCUT2D eigenvalue weighted by Gasteiger charge is 2.23. The van der Waals surface area contributed by atoms with E-state index < -0.39 is 10.0 Å². The maximum Gasteiger partial charge on any atom is 0.255 e. The Balaban J connectivity index is 1.86. The van der Waals surface area contributed by atoms with Crippen LogP contribution in [0.4, 0.5) is 5.69 Å². The van der Waals surface area contributed by atoms with Crippen molar-refractivity contribution >= 4 is 33.2 Å². The average molecular weight is 475 g/mol. The van der Waals surface area contributed by atoms with Gasteiger partial charge in [-0.3, -0.25) is 4.79 Å². The number of nitrogens with zero attached hydrogens (tertiary/aromatic N) is 1. The minimum atomic E-state index is -3.77. The van der Waals surface area contributed by atoms with Crippen molar-refractivity contribution in [3.8, 4) is 11.5 Å². The van der Waals surface area contributed by atoms with Crippen LogP contribution >= 0.6 is 11.6 Å². The molecule has 1 amide bonds. The minimum Gasteiger partial charge on any atom is -0.496 e. The predicted octanol–water partition coefficient (Wildman–Crippen LogP) is 4.43. The first kappa shape index (κ1) is 23.6. The van der Waals surface area contributed by atoms with Crippen LogP contribution < -0.4 is 14.8 Å². The Labute approximate surface area is 192 Å². The summed E-state index contributed by atoms with van der Waals surface area (Å²) in [6.45, 7) is 0.00388. The minimum absolute atomic E-state index is 0.00388. The second kappa shape index (κ2) is 10.0. The van der Waals surface area contributed by atoms with Crippen LogP contribution in [0.1, 0.15) is 15.9 Å². The van der Waals surface area contributed by atoms with Gasteiger partial charge in [-0.2, -0.15) is 4.31 Å². The van der Waals surface area contributed by atoms with Gasteiger partial charge in [0.25, 0.3) is 5.91 Å². The number of halogens is 1. The molecule has 0 atom stereocenters. The van der Waals surface area contributed by atoms with E-state index in [0.717, 1.165) is 0 Å². The van der Waals surface area contributed by atoms with Crippen LogP contribution in [0.25, 0.3) is 0 Å². The molecule has 0 aliphatic rings. The molecule has 0 unspecified atom stereocenters. The quantitative estimate of drug-likeness (QED) is 0.522. The molecule has 0 saturated carbocycles. The van der Waals surface area contributed by atoms with E-state index in [9.17, 15) is 13.2 Å². The van der Waals surface area contributed by atoms with Crippen molar-refractivity contribution in [2.24, 2.45) is 0 Å². The van der Waals surface area contributed by atoms with Crippen molar-refractivity contribution in [1.29, 1.82) is 0 Å². The van der Waals surface area contributed by atoms with Gasteiger partial charge in [-0.25, -0.2) is 8.42 Å². The fourth-order valence-corrected chi connectivity index (χ4v) is 4.37. The number of hydrogen-bond acceptors (Lipinski definition) is 5. The van der Waals surface area contributed by atoms with Crippen LogP contribution in [0.3, 0.4) is 0 Å². The lowest BCUT2D eigenvalue weighted by Crippen LogP contribution is -2.27. The Morgan fingerprint density at radius 3 is 2.28 bits per heavy atom. The summed E-state index contributed by atoms with van der Waals surface area (Å²) in [5.74, 6) is 0.641. The lowest BCUT2D eigenvalue weighted by atomic mass is 10.1. The van der Waals surface area contributed by atoms with Crippen molar-refractivity contribution in [2.75, 3.05) is 26.6 Å². The number of anilines is 1.